The van der Waals surface area contributed by atoms with Gasteiger partial charge in [-0.25, -0.2) is 0 Å². The normalized spacial score (nSPS) is 11.0. The molecule has 0 bridgehead atoms. The summed E-state index contributed by atoms with van der Waals surface area (Å²) in [6, 6.07) is 10.1. The zero-order valence-electron chi connectivity index (χ0n) is 13.5. The number of nitrogens with one attached hydrogen (secondary N) is 2. The second-order valence-corrected chi connectivity index (χ2v) is 6.08. The van der Waals surface area contributed by atoms with E-state index in [2.05, 4.69) is 10.6 Å². The summed E-state index contributed by atoms with van der Waals surface area (Å²) in [5.74, 6) is -1.11. The molecule has 7 nitrogen and oxygen atoms in total. The SMILES string of the molecule is CC(=O)N/C(=C\c1cccc([N+](=O)[O-])c1)C(=O)Nc1cc(Cl)cc(Cl)c1. The van der Waals surface area contributed by atoms with Crippen molar-refractivity contribution in [3.05, 3.63) is 73.9 Å². The van der Waals surface area contributed by atoms with Gasteiger partial charge in [-0.2, -0.15) is 0 Å². The van der Waals surface area contributed by atoms with Gasteiger partial charge >= 0.3 is 0 Å². The number of carbonyl (C=O) groups is 2. The van der Waals surface area contributed by atoms with E-state index in [1.165, 1.54) is 49.4 Å². The van der Waals surface area contributed by atoms with Crippen LogP contribution in [0.1, 0.15) is 12.5 Å². The van der Waals surface area contributed by atoms with Gasteiger partial charge in [0.2, 0.25) is 5.91 Å². The molecule has 134 valence electrons. The van der Waals surface area contributed by atoms with Crippen LogP contribution in [0.4, 0.5) is 11.4 Å². The molecule has 0 saturated heterocycles. The van der Waals surface area contributed by atoms with Crippen LogP contribution in [0.2, 0.25) is 10.0 Å². The summed E-state index contributed by atoms with van der Waals surface area (Å²) < 4.78 is 0. The number of nitro benzene ring substituents is 1. The molecule has 26 heavy (non-hydrogen) atoms. The maximum Gasteiger partial charge on any atom is 0.272 e. The first kappa shape index (κ1) is 19.4. The number of anilines is 1. The molecule has 2 N–H and O–H groups in total. The Kier molecular flexibility index (Phi) is 6.32. The molecular formula is C17H13Cl2N3O4. The van der Waals surface area contributed by atoms with Gasteiger partial charge in [0.25, 0.3) is 11.6 Å². The highest BCUT2D eigenvalue weighted by Gasteiger charge is 2.13. The maximum absolute atomic E-state index is 12.5. The Balaban J connectivity index is 2.33. The van der Waals surface area contributed by atoms with E-state index in [1.807, 2.05) is 0 Å². The standard InChI is InChI=1S/C17H13Cl2N3O4/c1-10(23)20-16(6-11-3-2-4-15(5-11)22(25)26)17(24)21-14-8-12(18)7-13(19)9-14/h2-9H,1H3,(H,20,23)(H,21,24)/b16-6-. The first-order valence-electron chi connectivity index (χ1n) is 7.26. The number of rotatable bonds is 5. The van der Waals surface area contributed by atoms with Crippen LogP contribution in [0.15, 0.2) is 48.2 Å². The minimum absolute atomic E-state index is 0.0888. The van der Waals surface area contributed by atoms with E-state index in [9.17, 15) is 19.7 Å². The van der Waals surface area contributed by atoms with Crippen molar-refractivity contribution in [1.29, 1.82) is 0 Å². The van der Waals surface area contributed by atoms with Crippen molar-refractivity contribution in [2.45, 2.75) is 6.92 Å². The highest BCUT2D eigenvalue weighted by atomic mass is 35.5. The van der Waals surface area contributed by atoms with E-state index in [0.29, 0.717) is 21.3 Å². The van der Waals surface area contributed by atoms with E-state index in [4.69, 9.17) is 23.2 Å². The summed E-state index contributed by atoms with van der Waals surface area (Å²) in [7, 11) is 0. The van der Waals surface area contributed by atoms with Gasteiger partial charge in [0.1, 0.15) is 5.70 Å². The fourth-order valence-corrected chi connectivity index (χ4v) is 2.59. The van der Waals surface area contributed by atoms with Crippen LogP contribution in [0.5, 0.6) is 0 Å². The lowest BCUT2D eigenvalue weighted by Gasteiger charge is -2.10. The molecule has 2 amide bonds. The molecule has 0 spiro atoms. The molecule has 2 rings (SSSR count). The second kappa shape index (κ2) is 8.46. The summed E-state index contributed by atoms with van der Waals surface area (Å²) >= 11 is 11.8. The van der Waals surface area contributed by atoms with Gasteiger partial charge in [-0.1, -0.05) is 35.3 Å². The summed E-state index contributed by atoms with van der Waals surface area (Å²) in [6.45, 7) is 1.24. The molecule has 0 aliphatic rings. The van der Waals surface area contributed by atoms with Gasteiger partial charge in [0.05, 0.1) is 4.92 Å². The van der Waals surface area contributed by atoms with Crippen molar-refractivity contribution < 1.29 is 14.5 Å². The van der Waals surface area contributed by atoms with Crippen molar-refractivity contribution in [2.24, 2.45) is 0 Å². The molecule has 0 fully saturated rings. The Labute approximate surface area is 158 Å². The molecule has 0 aliphatic carbocycles. The number of nitro groups is 1. The van der Waals surface area contributed by atoms with Gasteiger partial charge < -0.3 is 10.6 Å². The third-order valence-electron chi connectivity index (χ3n) is 3.07. The topological polar surface area (TPSA) is 101 Å². The maximum atomic E-state index is 12.5. The first-order chi connectivity index (χ1) is 12.2. The van der Waals surface area contributed by atoms with Gasteiger partial charge in [-0.3, -0.25) is 19.7 Å². The van der Waals surface area contributed by atoms with Crippen molar-refractivity contribution >= 4 is 52.5 Å². The Morgan fingerprint density at radius 3 is 2.35 bits per heavy atom. The van der Waals surface area contributed by atoms with E-state index in [1.54, 1.807) is 6.07 Å². The smallest absolute Gasteiger partial charge is 0.272 e. The molecular weight excluding hydrogens is 381 g/mol. The molecule has 0 radical (unpaired) electrons. The summed E-state index contributed by atoms with van der Waals surface area (Å²) in [5.41, 5.74) is 0.488. The monoisotopic (exact) mass is 393 g/mol. The van der Waals surface area contributed by atoms with Crippen molar-refractivity contribution in [2.75, 3.05) is 5.32 Å². The first-order valence-corrected chi connectivity index (χ1v) is 8.01. The molecule has 2 aromatic carbocycles. The average molecular weight is 394 g/mol. The molecule has 0 aliphatic heterocycles. The lowest BCUT2D eigenvalue weighted by molar-refractivity contribution is -0.384. The molecule has 2 aromatic rings. The second-order valence-electron chi connectivity index (χ2n) is 5.20. The van der Waals surface area contributed by atoms with Crippen LogP contribution >= 0.6 is 23.2 Å². The zero-order valence-corrected chi connectivity index (χ0v) is 15.0. The quantitative estimate of drug-likeness (QED) is 0.454. The average Bonchev–Trinajstić information content (AvgIpc) is 2.53. The number of hydrogen-bond acceptors (Lipinski definition) is 4. The summed E-state index contributed by atoms with van der Waals surface area (Å²) in [5, 5.41) is 16.5. The highest BCUT2D eigenvalue weighted by molar-refractivity contribution is 6.35. The van der Waals surface area contributed by atoms with Crippen LogP contribution < -0.4 is 10.6 Å². The number of nitrogens with zero attached hydrogens (tertiary/aromatic N) is 1. The molecule has 9 heteroatoms. The minimum atomic E-state index is -0.634. The van der Waals surface area contributed by atoms with Crippen LogP contribution in [-0.4, -0.2) is 16.7 Å². The van der Waals surface area contributed by atoms with Gasteiger partial charge in [0.15, 0.2) is 0 Å². The molecule has 0 heterocycles. The number of carbonyl (C=O) groups excluding carboxylic acids is 2. The molecule has 0 aromatic heterocycles. The lowest BCUT2D eigenvalue weighted by atomic mass is 10.1. The third kappa shape index (κ3) is 5.58. The molecule has 0 unspecified atom stereocenters. The Morgan fingerprint density at radius 1 is 1.12 bits per heavy atom. The number of benzene rings is 2. The van der Waals surface area contributed by atoms with Crippen molar-refractivity contribution in [3.8, 4) is 0 Å². The van der Waals surface area contributed by atoms with Gasteiger partial charge in [-0.15, -0.1) is 0 Å². The molecule has 0 atom stereocenters. The summed E-state index contributed by atoms with van der Waals surface area (Å²) in [4.78, 5) is 34.2. The largest absolute Gasteiger partial charge is 0.322 e. The lowest BCUT2D eigenvalue weighted by Crippen LogP contribution is -2.28. The Bertz CT molecular complexity index is 892. The van der Waals surface area contributed by atoms with E-state index >= 15 is 0 Å². The number of non-ortho nitro benzene ring substituents is 1. The predicted octanol–water partition coefficient (Wildman–Crippen LogP) is 4.02. The summed E-state index contributed by atoms with van der Waals surface area (Å²) in [6.07, 6.45) is 1.33. The highest BCUT2D eigenvalue weighted by Crippen LogP contribution is 2.23. The van der Waals surface area contributed by atoms with Gasteiger partial charge in [0, 0.05) is 34.8 Å². The predicted molar refractivity (Wildman–Crippen MR) is 100.0 cm³/mol. The number of hydrogen-bond donors (Lipinski definition) is 2. The number of halogens is 2. The van der Waals surface area contributed by atoms with E-state index in [-0.39, 0.29) is 11.4 Å². The van der Waals surface area contributed by atoms with Crippen LogP contribution in [-0.2, 0) is 9.59 Å². The van der Waals surface area contributed by atoms with Gasteiger partial charge in [-0.05, 0) is 29.8 Å². The van der Waals surface area contributed by atoms with Crippen LogP contribution in [0.25, 0.3) is 6.08 Å². The third-order valence-corrected chi connectivity index (χ3v) is 3.50. The Hall–Kier alpha value is -2.90. The van der Waals surface area contributed by atoms with E-state index in [0.717, 1.165) is 0 Å². The zero-order chi connectivity index (χ0) is 19.3. The molecule has 0 saturated carbocycles. The van der Waals surface area contributed by atoms with Crippen molar-refractivity contribution in [1.82, 2.24) is 5.32 Å². The van der Waals surface area contributed by atoms with Crippen LogP contribution in [0, 0.1) is 10.1 Å². The fraction of sp³-hybridized carbons (Fsp3) is 0.0588. The van der Waals surface area contributed by atoms with E-state index < -0.39 is 16.7 Å². The van der Waals surface area contributed by atoms with Crippen molar-refractivity contribution in [3.63, 3.8) is 0 Å². The van der Waals surface area contributed by atoms with Crippen LogP contribution in [0.3, 0.4) is 0 Å². The minimum Gasteiger partial charge on any atom is -0.322 e. The fourth-order valence-electron chi connectivity index (χ4n) is 2.07. The number of amides is 2. The Morgan fingerprint density at radius 2 is 1.77 bits per heavy atom.